The molecule has 2 amide bonds. The molecule has 0 radical (unpaired) electrons. The highest BCUT2D eigenvalue weighted by Crippen LogP contribution is 2.28. The fourth-order valence-electron chi connectivity index (χ4n) is 2.25. The minimum atomic E-state index is -0.354. The summed E-state index contributed by atoms with van der Waals surface area (Å²) in [5.74, 6) is 0.713. The molecule has 0 aliphatic carbocycles. The van der Waals surface area contributed by atoms with E-state index in [-0.39, 0.29) is 17.9 Å². The second-order valence-electron chi connectivity index (χ2n) is 6.03. The van der Waals surface area contributed by atoms with Gasteiger partial charge < -0.3 is 14.8 Å². The summed E-state index contributed by atoms with van der Waals surface area (Å²) in [6, 6.07) is 11.9. The standard InChI is InChI=1S/C20H23N3O4/c1-13(2)27-18-10-5-15(11-19(18)26-4)12-21-23-20(25)16-6-8-17(9-7-16)22-14(3)24/h5-13H,1-4H3,(H,22,24)(H,23,25)/b21-12-. The highest BCUT2D eigenvalue weighted by molar-refractivity contribution is 5.96. The van der Waals surface area contributed by atoms with Crippen molar-refractivity contribution in [2.45, 2.75) is 26.9 Å². The topological polar surface area (TPSA) is 89.0 Å². The molecule has 0 unspecified atom stereocenters. The summed E-state index contributed by atoms with van der Waals surface area (Å²) in [5, 5.41) is 6.60. The number of methoxy groups -OCH3 is 1. The predicted molar refractivity (Wildman–Crippen MR) is 105 cm³/mol. The van der Waals surface area contributed by atoms with Crippen molar-refractivity contribution in [2.75, 3.05) is 12.4 Å². The van der Waals surface area contributed by atoms with Crippen molar-refractivity contribution in [3.05, 3.63) is 53.6 Å². The number of carbonyl (C=O) groups is 2. The first-order valence-corrected chi connectivity index (χ1v) is 8.45. The van der Waals surface area contributed by atoms with Crippen molar-refractivity contribution in [2.24, 2.45) is 5.10 Å². The van der Waals surface area contributed by atoms with Crippen LogP contribution in [0.5, 0.6) is 11.5 Å². The molecule has 0 fully saturated rings. The lowest BCUT2D eigenvalue weighted by molar-refractivity contribution is -0.114. The highest BCUT2D eigenvalue weighted by Gasteiger charge is 2.07. The van der Waals surface area contributed by atoms with Crippen LogP contribution < -0.4 is 20.2 Å². The molecule has 0 aliphatic rings. The van der Waals surface area contributed by atoms with Crippen molar-refractivity contribution >= 4 is 23.7 Å². The fourth-order valence-corrected chi connectivity index (χ4v) is 2.25. The number of ether oxygens (including phenoxy) is 2. The molecule has 0 spiro atoms. The molecule has 2 N–H and O–H groups in total. The van der Waals surface area contributed by atoms with Crippen LogP contribution in [0, 0.1) is 0 Å². The number of rotatable bonds is 7. The summed E-state index contributed by atoms with van der Waals surface area (Å²) in [4.78, 5) is 23.1. The van der Waals surface area contributed by atoms with Crippen molar-refractivity contribution in [1.82, 2.24) is 5.43 Å². The van der Waals surface area contributed by atoms with Gasteiger partial charge in [-0.05, 0) is 61.9 Å². The summed E-state index contributed by atoms with van der Waals surface area (Å²) in [5.41, 5.74) is 4.27. The van der Waals surface area contributed by atoms with Crippen molar-refractivity contribution < 1.29 is 19.1 Å². The molecule has 0 saturated heterocycles. The molecule has 27 heavy (non-hydrogen) atoms. The number of nitrogens with one attached hydrogen (secondary N) is 2. The number of hydrogen-bond donors (Lipinski definition) is 2. The molecule has 0 heterocycles. The number of hydrogen-bond acceptors (Lipinski definition) is 5. The van der Waals surface area contributed by atoms with Gasteiger partial charge in [0, 0.05) is 18.2 Å². The van der Waals surface area contributed by atoms with Gasteiger partial charge in [-0.2, -0.15) is 5.10 Å². The Hall–Kier alpha value is -3.35. The zero-order valence-electron chi connectivity index (χ0n) is 15.8. The van der Waals surface area contributed by atoms with Gasteiger partial charge in [0.15, 0.2) is 11.5 Å². The van der Waals surface area contributed by atoms with E-state index in [0.29, 0.717) is 22.7 Å². The summed E-state index contributed by atoms with van der Waals surface area (Å²) in [6.07, 6.45) is 1.56. The number of nitrogens with zero attached hydrogens (tertiary/aromatic N) is 1. The van der Waals surface area contributed by atoms with E-state index in [4.69, 9.17) is 9.47 Å². The number of hydrazone groups is 1. The van der Waals surface area contributed by atoms with Crippen LogP contribution in [-0.4, -0.2) is 31.2 Å². The summed E-state index contributed by atoms with van der Waals surface area (Å²) in [7, 11) is 1.57. The monoisotopic (exact) mass is 369 g/mol. The van der Waals surface area contributed by atoms with Gasteiger partial charge in [0.1, 0.15) is 0 Å². The lowest BCUT2D eigenvalue weighted by Crippen LogP contribution is -2.17. The van der Waals surface area contributed by atoms with Gasteiger partial charge in [-0.3, -0.25) is 9.59 Å². The van der Waals surface area contributed by atoms with E-state index in [1.54, 1.807) is 43.5 Å². The fraction of sp³-hybridized carbons (Fsp3) is 0.250. The maximum Gasteiger partial charge on any atom is 0.271 e. The highest BCUT2D eigenvalue weighted by atomic mass is 16.5. The third kappa shape index (κ3) is 6.14. The largest absolute Gasteiger partial charge is 0.493 e. The molecule has 0 saturated carbocycles. The molecule has 142 valence electrons. The van der Waals surface area contributed by atoms with Crippen LogP contribution in [0.4, 0.5) is 5.69 Å². The number of anilines is 1. The Morgan fingerprint density at radius 2 is 1.78 bits per heavy atom. The average molecular weight is 369 g/mol. The predicted octanol–water partition coefficient (Wildman–Crippen LogP) is 3.20. The van der Waals surface area contributed by atoms with E-state index in [1.165, 1.54) is 13.1 Å². The van der Waals surface area contributed by atoms with E-state index in [2.05, 4.69) is 15.8 Å². The molecule has 0 aromatic heterocycles. The number of carbonyl (C=O) groups excluding carboxylic acids is 2. The smallest absolute Gasteiger partial charge is 0.271 e. The molecule has 2 rings (SSSR count). The van der Waals surface area contributed by atoms with E-state index < -0.39 is 0 Å². The van der Waals surface area contributed by atoms with E-state index in [9.17, 15) is 9.59 Å². The third-order valence-corrected chi connectivity index (χ3v) is 3.40. The van der Waals surface area contributed by atoms with Crippen LogP contribution in [0.1, 0.15) is 36.7 Å². The van der Waals surface area contributed by atoms with Crippen molar-refractivity contribution in [3.63, 3.8) is 0 Å². The number of amides is 2. The van der Waals surface area contributed by atoms with Crippen LogP contribution in [0.3, 0.4) is 0 Å². The molecule has 0 bridgehead atoms. The molecular formula is C20H23N3O4. The van der Waals surface area contributed by atoms with Crippen LogP contribution in [0.2, 0.25) is 0 Å². The minimum absolute atomic E-state index is 0.0368. The summed E-state index contributed by atoms with van der Waals surface area (Å²) < 4.78 is 11.0. The second-order valence-corrected chi connectivity index (χ2v) is 6.03. The van der Waals surface area contributed by atoms with E-state index in [0.717, 1.165) is 5.56 Å². The Kier molecular flexibility index (Phi) is 6.93. The second kappa shape index (κ2) is 9.38. The molecule has 0 atom stereocenters. The average Bonchev–Trinajstić information content (AvgIpc) is 2.62. The Balaban J connectivity index is 2.00. The molecule has 2 aromatic carbocycles. The molecule has 2 aromatic rings. The first-order chi connectivity index (χ1) is 12.9. The Bertz CT molecular complexity index is 830. The molecular weight excluding hydrogens is 346 g/mol. The van der Waals surface area contributed by atoms with Crippen LogP contribution in [0.15, 0.2) is 47.6 Å². The molecule has 7 heteroatoms. The Morgan fingerprint density at radius 1 is 1.07 bits per heavy atom. The van der Waals surface area contributed by atoms with Gasteiger partial charge in [-0.15, -0.1) is 0 Å². The van der Waals surface area contributed by atoms with Crippen molar-refractivity contribution in [3.8, 4) is 11.5 Å². The first kappa shape index (κ1) is 20.0. The van der Waals surface area contributed by atoms with Gasteiger partial charge in [0.25, 0.3) is 5.91 Å². The normalized spacial score (nSPS) is 10.7. The minimum Gasteiger partial charge on any atom is -0.493 e. The summed E-state index contributed by atoms with van der Waals surface area (Å²) in [6.45, 7) is 5.30. The van der Waals surface area contributed by atoms with E-state index in [1.807, 2.05) is 19.9 Å². The quantitative estimate of drug-likeness (QED) is 0.579. The third-order valence-electron chi connectivity index (χ3n) is 3.40. The molecule has 0 aliphatic heterocycles. The van der Waals surface area contributed by atoms with Crippen LogP contribution >= 0.6 is 0 Å². The van der Waals surface area contributed by atoms with Gasteiger partial charge in [0.2, 0.25) is 5.91 Å². The van der Waals surface area contributed by atoms with Gasteiger partial charge >= 0.3 is 0 Å². The van der Waals surface area contributed by atoms with Crippen LogP contribution in [0.25, 0.3) is 0 Å². The lowest BCUT2D eigenvalue weighted by Gasteiger charge is -2.13. The number of benzene rings is 2. The zero-order valence-corrected chi connectivity index (χ0v) is 15.8. The van der Waals surface area contributed by atoms with Crippen molar-refractivity contribution in [1.29, 1.82) is 0 Å². The Morgan fingerprint density at radius 3 is 2.37 bits per heavy atom. The van der Waals surface area contributed by atoms with Gasteiger partial charge in [-0.1, -0.05) is 0 Å². The maximum atomic E-state index is 12.1. The summed E-state index contributed by atoms with van der Waals surface area (Å²) >= 11 is 0. The van der Waals surface area contributed by atoms with Gasteiger partial charge in [0.05, 0.1) is 19.4 Å². The lowest BCUT2D eigenvalue weighted by atomic mass is 10.2. The first-order valence-electron chi connectivity index (χ1n) is 8.45. The van der Waals surface area contributed by atoms with Crippen LogP contribution in [-0.2, 0) is 4.79 Å². The van der Waals surface area contributed by atoms with Gasteiger partial charge in [-0.25, -0.2) is 5.43 Å². The van der Waals surface area contributed by atoms with E-state index >= 15 is 0 Å². The maximum absolute atomic E-state index is 12.1. The molecule has 7 nitrogen and oxygen atoms in total. The zero-order chi connectivity index (χ0) is 19.8. The Labute approximate surface area is 158 Å². The SMILES string of the molecule is COc1cc(/C=N\NC(=O)c2ccc(NC(C)=O)cc2)ccc1OC(C)C.